The second-order valence-electron chi connectivity index (χ2n) is 6.43. The Balaban J connectivity index is 2.72. The number of aromatic nitrogens is 3. The van der Waals surface area contributed by atoms with Gasteiger partial charge in [0.05, 0.1) is 11.7 Å². The zero-order valence-corrected chi connectivity index (χ0v) is 12.5. The molecule has 4 heteroatoms. The van der Waals surface area contributed by atoms with E-state index in [0.717, 1.165) is 16.9 Å². The third-order valence-corrected chi connectivity index (χ3v) is 3.54. The maximum atomic E-state index is 5.97. The van der Waals surface area contributed by atoms with Crippen LogP contribution in [0, 0.1) is 5.92 Å². The Kier molecular flexibility index (Phi) is 3.63. The third-order valence-electron chi connectivity index (χ3n) is 3.54. The summed E-state index contributed by atoms with van der Waals surface area (Å²) in [5.41, 5.74) is 8.04. The maximum absolute atomic E-state index is 5.97. The van der Waals surface area contributed by atoms with Crippen LogP contribution in [0.15, 0.2) is 18.5 Å². The molecule has 19 heavy (non-hydrogen) atoms. The average Bonchev–Trinajstić information content (AvgIpc) is 2.67. The van der Waals surface area contributed by atoms with Gasteiger partial charge < -0.3 is 10.3 Å². The van der Waals surface area contributed by atoms with E-state index in [-0.39, 0.29) is 11.5 Å². The quantitative estimate of drug-likeness (QED) is 0.923. The van der Waals surface area contributed by atoms with Gasteiger partial charge in [-0.05, 0) is 32.8 Å². The van der Waals surface area contributed by atoms with Gasteiger partial charge in [0, 0.05) is 24.2 Å². The lowest BCUT2D eigenvalue weighted by atomic mass is 9.94. The molecule has 1 unspecified atom stereocenters. The van der Waals surface area contributed by atoms with E-state index in [4.69, 9.17) is 10.7 Å². The number of hydrogen-bond acceptors (Lipinski definition) is 3. The Morgan fingerprint density at radius 3 is 2.53 bits per heavy atom. The molecule has 2 N–H and O–H groups in total. The lowest BCUT2D eigenvalue weighted by Gasteiger charge is -2.28. The topological polar surface area (TPSA) is 56.7 Å². The van der Waals surface area contributed by atoms with Crippen LogP contribution < -0.4 is 5.73 Å². The molecule has 0 aromatic carbocycles. The summed E-state index contributed by atoms with van der Waals surface area (Å²) in [5.74, 6) is 1.82. The largest absolute Gasteiger partial charge is 0.330 e. The fourth-order valence-corrected chi connectivity index (χ4v) is 2.58. The van der Waals surface area contributed by atoms with Crippen LogP contribution in [0.4, 0.5) is 0 Å². The highest BCUT2D eigenvalue weighted by molar-refractivity contribution is 5.75. The molecule has 2 aromatic heterocycles. The van der Waals surface area contributed by atoms with E-state index in [1.54, 1.807) is 0 Å². The minimum absolute atomic E-state index is 0.0201. The molecule has 0 spiro atoms. The Labute approximate surface area is 115 Å². The van der Waals surface area contributed by atoms with Gasteiger partial charge in [0.15, 0.2) is 0 Å². The van der Waals surface area contributed by atoms with Crippen molar-refractivity contribution in [2.24, 2.45) is 11.7 Å². The Hall–Kier alpha value is -1.42. The van der Waals surface area contributed by atoms with Crippen molar-refractivity contribution in [2.75, 3.05) is 6.54 Å². The third kappa shape index (κ3) is 2.50. The molecule has 2 rings (SSSR count). The molecule has 0 bridgehead atoms. The molecular formula is C15H24N4. The van der Waals surface area contributed by atoms with Crippen molar-refractivity contribution in [3.63, 3.8) is 0 Å². The van der Waals surface area contributed by atoms with E-state index in [1.165, 1.54) is 0 Å². The molecule has 0 radical (unpaired) electrons. The highest BCUT2D eigenvalue weighted by Gasteiger charge is 2.27. The lowest BCUT2D eigenvalue weighted by molar-refractivity contribution is 0.363. The molecular weight excluding hydrogens is 236 g/mol. The standard InChI is InChI=1S/C15H24N4/c1-10(2)11(8-16)14-18-12-9-17-7-6-13(12)19(14)15(3,4)5/h6-7,9-11H,8,16H2,1-5H3. The van der Waals surface area contributed by atoms with Gasteiger partial charge in [-0.2, -0.15) is 0 Å². The first-order valence-corrected chi connectivity index (χ1v) is 6.89. The summed E-state index contributed by atoms with van der Waals surface area (Å²) >= 11 is 0. The molecule has 0 aliphatic heterocycles. The van der Waals surface area contributed by atoms with Gasteiger partial charge in [0.1, 0.15) is 11.3 Å². The minimum atomic E-state index is -0.0201. The molecule has 0 saturated carbocycles. The first-order valence-electron chi connectivity index (χ1n) is 6.89. The zero-order valence-electron chi connectivity index (χ0n) is 12.5. The van der Waals surface area contributed by atoms with Gasteiger partial charge in [0.25, 0.3) is 0 Å². The van der Waals surface area contributed by atoms with Crippen molar-refractivity contribution in [3.05, 3.63) is 24.3 Å². The second-order valence-corrected chi connectivity index (χ2v) is 6.43. The van der Waals surface area contributed by atoms with Crippen LogP contribution >= 0.6 is 0 Å². The molecule has 0 saturated heterocycles. The molecule has 2 heterocycles. The Morgan fingerprint density at radius 1 is 1.32 bits per heavy atom. The summed E-state index contributed by atoms with van der Waals surface area (Å²) in [5, 5.41) is 0. The number of imidazole rings is 1. The molecule has 0 aliphatic carbocycles. The van der Waals surface area contributed by atoms with Crippen molar-refractivity contribution >= 4 is 11.0 Å². The first-order chi connectivity index (χ1) is 8.86. The van der Waals surface area contributed by atoms with Crippen molar-refractivity contribution < 1.29 is 0 Å². The predicted molar refractivity (Wildman–Crippen MR) is 79.2 cm³/mol. The lowest BCUT2D eigenvalue weighted by Crippen LogP contribution is -2.29. The zero-order chi connectivity index (χ0) is 14.2. The van der Waals surface area contributed by atoms with Crippen LogP contribution in [0.2, 0.25) is 0 Å². The number of rotatable bonds is 3. The van der Waals surface area contributed by atoms with Gasteiger partial charge in [-0.1, -0.05) is 13.8 Å². The molecule has 0 fully saturated rings. The van der Waals surface area contributed by atoms with E-state index in [0.29, 0.717) is 12.5 Å². The molecule has 1 atom stereocenters. The number of nitrogens with zero attached hydrogens (tertiary/aromatic N) is 3. The van der Waals surface area contributed by atoms with Gasteiger partial charge >= 0.3 is 0 Å². The summed E-state index contributed by atoms with van der Waals surface area (Å²) in [6.45, 7) is 11.6. The first kappa shape index (κ1) is 14.0. The number of pyridine rings is 1. The summed E-state index contributed by atoms with van der Waals surface area (Å²) in [7, 11) is 0. The second kappa shape index (κ2) is 4.93. The van der Waals surface area contributed by atoms with E-state index in [9.17, 15) is 0 Å². The van der Waals surface area contributed by atoms with E-state index >= 15 is 0 Å². The van der Waals surface area contributed by atoms with Crippen molar-refractivity contribution in [1.82, 2.24) is 14.5 Å². The normalized spacial score (nSPS) is 14.3. The smallest absolute Gasteiger partial charge is 0.115 e. The Morgan fingerprint density at radius 2 is 2.00 bits per heavy atom. The van der Waals surface area contributed by atoms with E-state index in [1.807, 2.05) is 18.5 Å². The van der Waals surface area contributed by atoms with Gasteiger partial charge in [-0.25, -0.2) is 4.98 Å². The maximum Gasteiger partial charge on any atom is 0.115 e. The summed E-state index contributed by atoms with van der Waals surface area (Å²) in [6, 6.07) is 2.03. The average molecular weight is 260 g/mol. The van der Waals surface area contributed by atoms with Crippen LogP contribution in [-0.4, -0.2) is 21.1 Å². The van der Waals surface area contributed by atoms with Gasteiger partial charge in [-0.3, -0.25) is 4.98 Å². The fraction of sp³-hybridized carbons (Fsp3) is 0.600. The fourth-order valence-electron chi connectivity index (χ4n) is 2.58. The van der Waals surface area contributed by atoms with Gasteiger partial charge in [-0.15, -0.1) is 0 Å². The molecule has 0 amide bonds. The number of fused-ring (bicyclic) bond motifs is 1. The van der Waals surface area contributed by atoms with E-state index < -0.39 is 0 Å². The molecule has 104 valence electrons. The highest BCUT2D eigenvalue weighted by Crippen LogP contribution is 2.31. The van der Waals surface area contributed by atoms with Crippen LogP contribution in [0.1, 0.15) is 46.4 Å². The molecule has 2 aromatic rings. The summed E-state index contributed by atoms with van der Waals surface area (Å²) in [4.78, 5) is 8.96. The van der Waals surface area contributed by atoms with Crippen LogP contribution in [-0.2, 0) is 5.54 Å². The number of nitrogens with two attached hydrogens (primary N) is 1. The predicted octanol–water partition coefficient (Wildman–Crippen LogP) is 2.88. The Bertz CT molecular complexity index is 563. The van der Waals surface area contributed by atoms with Crippen molar-refractivity contribution in [2.45, 2.75) is 46.1 Å². The highest BCUT2D eigenvalue weighted by atomic mass is 15.1. The molecule has 4 nitrogen and oxygen atoms in total. The summed E-state index contributed by atoms with van der Waals surface area (Å²) in [6.07, 6.45) is 3.65. The van der Waals surface area contributed by atoms with Crippen LogP contribution in [0.25, 0.3) is 11.0 Å². The number of hydrogen-bond donors (Lipinski definition) is 1. The van der Waals surface area contributed by atoms with Crippen molar-refractivity contribution in [1.29, 1.82) is 0 Å². The van der Waals surface area contributed by atoms with Crippen LogP contribution in [0.5, 0.6) is 0 Å². The SMILES string of the molecule is CC(C)C(CN)c1nc2cnccc2n1C(C)(C)C. The van der Waals surface area contributed by atoms with E-state index in [2.05, 4.69) is 44.2 Å². The minimum Gasteiger partial charge on any atom is -0.330 e. The van der Waals surface area contributed by atoms with Crippen molar-refractivity contribution in [3.8, 4) is 0 Å². The van der Waals surface area contributed by atoms with Crippen LogP contribution in [0.3, 0.4) is 0 Å². The molecule has 0 aliphatic rings. The summed E-state index contributed by atoms with van der Waals surface area (Å²) < 4.78 is 2.31. The van der Waals surface area contributed by atoms with Gasteiger partial charge in [0.2, 0.25) is 0 Å². The monoisotopic (exact) mass is 260 g/mol.